The Labute approximate surface area is 88.0 Å². The van der Waals surface area contributed by atoms with Gasteiger partial charge in [0.25, 0.3) is 0 Å². The van der Waals surface area contributed by atoms with Crippen molar-refractivity contribution in [2.75, 3.05) is 13.1 Å². The van der Waals surface area contributed by atoms with Gasteiger partial charge in [-0.25, -0.2) is 4.79 Å². The number of aliphatic hydroxyl groups is 1. The molecule has 15 heavy (non-hydrogen) atoms. The van der Waals surface area contributed by atoms with Crippen molar-refractivity contribution in [2.45, 2.75) is 26.4 Å². The largest absolute Gasteiger partial charge is 0.478 e. The zero-order valence-electron chi connectivity index (χ0n) is 8.86. The number of carbonyl (C=O) groups is 2. The lowest BCUT2D eigenvalue weighted by molar-refractivity contribution is -0.133. The first-order valence-corrected chi connectivity index (χ1v) is 4.81. The van der Waals surface area contributed by atoms with Gasteiger partial charge in [0.05, 0.1) is 6.10 Å². The second-order valence-corrected chi connectivity index (χ2v) is 3.75. The number of nitrogens with zero attached hydrogens (tertiary/aromatic N) is 1. The first-order chi connectivity index (χ1) is 6.93. The summed E-state index contributed by atoms with van der Waals surface area (Å²) in [5, 5.41) is 18.0. The molecule has 0 radical (unpaired) electrons. The van der Waals surface area contributed by atoms with Gasteiger partial charge in [0.15, 0.2) is 0 Å². The van der Waals surface area contributed by atoms with Crippen LogP contribution in [0.5, 0.6) is 0 Å². The van der Waals surface area contributed by atoms with E-state index in [2.05, 4.69) is 0 Å². The molecular weight excluding hydrogens is 198 g/mol. The van der Waals surface area contributed by atoms with Gasteiger partial charge in [0.1, 0.15) is 0 Å². The number of carbonyl (C=O) groups excluding carboxylic acids is 1. The molecule has 2 N–H and O–H groups in total. The van der Waals surface area contributed by atoms with Gasteiger partial charge in [0, 0.05) is 24.2 Å². The lowest BCUT2D eigenvalue weighted by Gasteiger charge is -2.16. The first-order valence-electron chi connectivity index (χ1n) is 4.81. The van der Waals surface area contributed by atoms with Crippen molar-refractivity contribution >= 4 is 11.9 Å². The fourth-order valence-corrected chi connectivity index (χ4v) is 1.48. The van der Waals surface area contributed by atoms with Gasteiger partial charge in [-0.05, 0) is 20.3 Å². The van der Waals surface area contributed by atoms with Crippen LogP contribution in [-0.2, 0) is 9.59 Å². The number of likely N-dealkylation sites (tertiary alicyclic amines) is 1. The van der Waals surface area contributed by atoms with Crippen molar-refractivity contribution < 1.29 is 19.8 Å². The maximum Gasteiger partial charge on any atom is 0.331 e. The average molecular weight is 213 g/mol. The Balaban J connectivity index is 2.77. The molecule has 84 valence electrons. The number of aliphatic hydroxyl groups excluding tert-OH is 1. The Bertz CT molecular complexity index is 321. The third kappa shape index (κ3) is 2.56. The Morgan fingerprint density at radius 2 is 1.87 bits per heavy atom. The van der Waals surface area contributed by atoms with Gasteiger partial charge in [-0.15, -0.1) is 0 Å². The summed E-state index contributed by atoms with van der Waals surface area (Å²) in [6.07, 6.45) is 0.0809. The maximum atomic E-state index is 11.7. The molecule has 1 atom stereocenters. The molecule has 0 unspecified atom stereocenters. The van der Waals surface area contributed by atoms with Crippen LogP contribution in [0.3, 0.4) is 0 Å². The molecule has 0 aliphatic carbocycles. The summed E-state index contributed by atoms with van der Waals surface area (Å²) in [7, 11) is 0. The molecule has 0 aromatic heterocycles. The zero-order valence-corrected chi connectivity index (χ0v) is 8.86. The van der Waals surface area contributed by atoms with Gasteiger partial charge in [-0.1, -0.05) is 0 Å². The molecule has 1 amide bonds. The number of carboxylic acids is 1. The van der Waals surface area contributed by atoms with Crippen molar-refractivity contribution in [2.24, 2.45) is 0 Å². The van der Waals surface area contributed by atoms with E-state index in [0.29, 0.717) is 19.5 Å². The fourth-order valence-electron chi connectivity index (χ4n) is 1.48. The number of hydrogen-bond acceptors (Lipinski definition) is 3. The summed E-state index contributed by atoms with van der Waals surface area (Å²) in [5.41, 5.74) is 0.290. The number of β-amino-alcohol motifs (C(OH)–C–C–N with tert-alkyl or cyclic N) is 1. The quantitative estimate of drug-likeness (QED) is 0.633. The van der Waals surface area contributed by atoms with Crippen molar-refractivity contribution in [3.63, 3.8) is 0 Å². The second kappa shape index (κ2) is 4.44. The SMILES string of the molecule is C/C(C(=O)O)=C(/C)C(=O)N1CC[C@H](O)C1. The predicted octanol–water partition coefficient (Wildman–Crippen LogP) is 0.000600. The summed E-state index contributed by atoms with van der Waals surface area (Å²) in [4.78, 5) is 23.9. The third-order valence-electron chi connectivity index (χ3n) is 2.65. The molecule has 1 saturated heterocycles. The Morgan fingerprint density at radius 1 is 1.27 bits per heavy atom. The van der Waals surface area contributed by atoms with Crippen LogP contribution in [0.4, 0.5) is 0 Å². The van der Waals surface area contributed by atoms with Crippen molar-refractivity contribution in [3.05, 3.63) is 11.1 Å². The minimum Gasteiger partial charge on any atom is -0.478 e. The molecule has 0 bridgehead atoms. The van der Waals surface area contributed by atoms with Crippen LogP contribution in [0.15, 0.2) is 11.1 Å². The molecule has 0 aromatic rings. The Kier molecular flexibility index (Phi) is 3.47. The summed E-state index contributed by atoms with van der Waals surface area (Å²) in [6.45, 7) is 3.69. The van der Waals surface area contributed by atoms with E-state index >= 15 is 0 Å². The summed E-state index contributed by atoms with van der Waals surface area (Å²) >= 11 is 0. The highest BCUT2D eigenvalue weighted by Crippen LogP contribution is 2.14. The predicted molar refractivity (Wildman–Crippen MR) is 53.2 cm³/mol. The molecule has 1 aliphatic heterocycles. The number of carboxylic acid groups (broad SMARTS) is 1. The van der Waals surface area contributed by atoms with E-state index < -0.39 is 12.1 Å². The first kappa shape index (κ1) is 11.7. The third-order valence-corrected chi connectivity index (χ3v) is 2.65. The van der Waals surface area contributed by atoms with Gasteiger partial charge in [-0.3, -0.25) is 4.79 Å². The van der Waals surface area contributed by atoms with Gasteiger partial charge in [-0.2, -0.15) is 0 Å². The van der Waals surface area contributed by atoms with Crippen molar-refractivity contribution in [3.8, 4) is 0 Å². The lowest BCUT2D eigenvalue weighted by atomic mass is 10.1. The molecule has 1 aliphatic rings. The Morgan fingerprint density at radius 3 is 2.27 bits per heavy atom. The zero-order chi connectivity index (χ0) is 11.6. The summed E-state index contributed by atoms with van der Waals surface area (Å²) in [6, 6.07) is 0. The van der Waals surface area contributed by atoms with Crippen LogP contribution in [0.1, 0.15) is 20.3 Å². The minimum absolute atomic E-state index is 0.0568. The molecular formula is C10H15NO4. The smallest absolute Gasteiger partial charge is 0.331 e. The monoisotopic (exact) mass is 213 g/mol. The van der Waals surface area contributed by atoms with Gasteiger partial charge < -0.3 is 15.1 Å². The van der Waals surface area contributed by atoms with E-state index in [4.69, 9.17) is 5.11 Å². The maximum absolute atomic E-state index is 11.7. The summed E-state index contributed by atoms with van der Waals surface area (Å²) in [5.74, 6) is -1.38. The average Bonchev–Trinajstić information content (AvgIpc) is 2.61. The van der Waals surface area contributed by atoms with Crippen molar-refractivity contribution in [1.82, 2.24) is 4.90 Å². The van der Waals surface area contributed by atoms with Crippen LogP contribution in [0, 0.1) is 0 Å². The van der Waals surface area contributed by atoms with E-state index in [-0.39, 0.29) is 17.1 Å². The number of hydrogen-bond donors (Lipinski definition) is 2. The van der Waals surface area contributed by atoms with Crippen molar-refractivity contribution in [1.29, 1.82) is 0 Å². The molecule has 5 heteroatoms. The van der Waals surface area contributed by atoms with Crippen LogP contribution in [-0.4, -0.2) is 46.2 Å². The number of rotatable bonds is 2. The van der Waals surface area contributed by atoms with Gasteiger partial charge in [0.2, 0.25) is 5.91 Å². The summed E-state index contributed by atoms with van der Waals surface area (Å²) < 4.78 is 0. The molecule has 1 rings (SSSR count). The highest BCUT2D eigenvalue weighted by Gasteiger charge is 2.26. The number of aliphatic carboxylic acids is 1. The molecule has 0 aromatic carbocycles. The molecule has 1 fully saturated rings. The van der Waals surface area contributed by atoms with E-state index in [1.54, 1.807) is 0 Å². The van der Waals surface area contributed by atoms with Crippen LogP contribution in [0.25, 0.3) is 0 Å². The van der Waals surface area contributed by atoms with Gasteiger partial charge >= 0.3 is 5.97 Å². The molecule has 1 heterocycles. The van der Waals surface area contributed by atoms with Crippen LogP contribution >= 0.6 is 0 Å². The number of amides is 1. The van der Waals surface area contributed by atoms with E-state index in [9.17, 15) is 14.7 Å². The second-order valence-electron chi connectivity index (χ2n) is 3.75. The Hall–Kier alpha value is -1.36. The lowest BCUT2D eigenvalue weighted by Crippen LogP contribution is -2.31. The fraction of sp³-hybridized carbons (Fsp3) is 0.600. The standard InChI is InChI=1S/C10H15NO4/c1-6(7(2)10(14)15)9(13)11-4-3-8(12)5-11/h8,12H,3-5H2,1-2H3,(H,14,15)/b7-6+/t8-/m0/s1. The van der Waals surface area contributed by atoms with Crippen LogP contribution in [0.2, 0.25) is 0 Å². The van der Waals surface area contributed by atoms with Crippen LogP contribution < -0.4 is 0 Å². The van der Waals surface area contributed by atoms with E-state index in [1.165, 1.54) is 18.7 Å². The van der Waals surface area contributed by atoms with E-state index in [0.717, 1.165) is 0 Å². The molecule has 0 spiro atoms. The van der Waals surface area contributed by atoms with E-state index in [1.807, 2.05) is 0 Å². The molecule has 0 saturated carbocycles. The minimum atomic E-state index is -1.08. The molecule has 5 nitrogen and oxygen atoms in total. The normalized spacial score (nSPS) is 22.6. The highest BCUT2D eigenvalue weighted by molar-refractivity contribution is 6.01. The highest BCUT2D eigenvalue weighted by atomic mass is 16.4. The topological polar surface area (TPSA) is 77.8 Å².